The van der Waals surface area contributed by atoms with Crippen LogP contribution in [0.4, 0.5) is 8.78 Å². The van der Waals surface area contributed by atoms with Crippen molar-refractivity contribution in [2.75, 3.05) is 14.1 Å². The van der Waals surface area contributed by atoms with E-state index in [0.717, 1.165) is 5.56 Å². The SMILES string of the molecule is CN(C)Cc1c(F)ccc(SCc2ccccc2)c1F. The van der Waals surface area contributed by atoms with E-state index in [4.69, 9.17) is 0 Å². The van der Waals surface area contributed by atoms with E-state index < -0.39 is 11.6 Å². The van der Waals surface area contributed by atoms with E-state index in [1.807, 2.05) is 30.3 Å². The van der Waals surface area contributed by atoms with Crippen LogP contribution in [0.2, 0.25) is 0 Å². The van der Waals surface area contributed by atoms with Crippen LogP contribution >= 0.6 is 11.8 Å². The fourth-order valence-electron chi connectivity index (χ4n) is 1.88. The zero-order chi connectivity index (χ0) is 14.5. The summed E-state index contributed by atoms with van der Waals surface area (Å²) in [4.78, 5) is 2.25. The van der Waals surface area contributed by atoms with E-state index in [1.54, 1.807) is 19.0 Å². The van der Waals surface area contributed by atoms with E-state index in [-0.39, 0.29) is 12.1 Å². The van der Waals surface area contributed by atoms with Gasteiger partial charge in [-0.2, -0.15) is 0 Å². The van der Waals surface area contributed by atoms with Crippen molar-refractivity contribution in [3.8, 4) is 0 Å². The molecule has 1 nitrogen and oxygen atoms in total. The molecule has 0 heterocycles. The van der Waals surface area contributed by atoms with Gasteiger partial charge in [0.1, 0.15) is 11.6 Å². The van der Waals surface area contributed by atoms with Crippen molar-refractivity contribution >= 4 is 11.8 Å². The molecule has 4 heteroatoms. The van der Waals surface area contributed by atoms with Crippen LogP contribution in [0, 0.1) is 11.6 Å². The molecule has 2 aromatic rings. The molecule has 0 saturated heterocycles. The summed E-state index contributed by atoms with van der Waals surface area (Å²) in [7, 11) is 3.59. The summed E-state index contributed by atoms with van der Waals surface area (Å²) in [6.07, 6.45) is 0. The van der Waals surface area contributed by atoms with Gasteiger partial charge in [-0.3, -0.25) is 0 Å². The smallest absolute Gasteiger partial charge is 0.144 e. The Morgan fingerprint density at radius 1 is 1.00 bits per heavy atom. The van der Waals surface area contributed by atoms with Gasteiger partial charge in [0.2, 0.25) is 0 Å². The minimum Gasteiger partial charge on any atom is -0.305 e. The summed E-state index contributed by atoms with van der Waals surface area (Å²) in [6, 6.07) is 12.7. The second kappa shape index (κ2) is 6.86. The predicted molar refractivity (Wildman–Crippen MR) is 79.8 cm³/mol. The molecule has 0 bridgehead atoms. The first-order valence-corrected chi connectivity index (χ1v) is 7.35. The van der Waals surface area contributed by atoms with Gasteiger partial charge in [0, 0.05) is 22.8 Å². The molecule has 0 N–H and O–H groups in total. The average Bonchev–Trinajstić information content (AvgIpc) is 2.43. The third kappa shape index (κ3) is 3.81. The third-order valence-electron chi connectivity index (χ3n) is 2.86. The first kappa shape index (κ1) is 15.0. The number of rotatable bonds is 5. The number of hydrogen-bond acceptors (Lipinski definition) is 2. The van der Waals surface area contributed by atoms with Crippen LogP contribution in [0.25, 0.3) is 0 Å². The zero-order valence-electron chi connectivity index (χ0n) is 11.6. The predicted octanol–water partition coefficient (Wildman–Crippen LogP) is 4.32. The third-order valence-corrected chi connectivity index (χ3v) is 3.97. The Hall–Kier alpha value is -1.39. The second-order valence-electron chi connectivity index (χ2n) is 4.85. The zero-order valence-corrected chi connectivity index (χ0v) is 12.4. The van der Waals surface area contributed by atoms with Crippen molar-refractivity contribution in [3.63, 3.8) is 0 Å². The van der Waals surface area contributed by atoms with Gasteiger partial charge in [-0.15, -0.1) is 11.8 Å². The van der Waals surface area contributed by atoms with E-state index in [2.05, 4.69) is 0 Å². The average molecular weight is 293 g/mol. The number of nitrogens with zero attached hydrogens (tertiary/aromatic N) is 1. The highest BCUT2D eigenvalue weighted by Crippen LogP contribution is 2.29. The Labute approximate surface area is 122 Å². The first-order chi connectivity index (χ1) is 9.58. The minimum atomic E-state index is -0.486. The second-order valence-corrected chi connectivity index (χ2v) is 5.87. The van der Waals surface area contributed by atoms with Crippen LogP contribution in [-0.4, -0.2) is 19.0 Å². The summed E-state index contributed by atoms with van der Waals surface area (Å²) < 4.78 is 28.0. The highest BCUT2D eigenvalue weighted by Gasteiger charge is 2.14. The highest BCUT2D eigenvalue weighted by atomic mass is 32.2. The molecule has 0 aromatic heterocycles. The molecule has 0 atom stereocenters. The van der Waals surface area contributed by atoms with Gasteiger partial charge in [-0.25, -0.2) is 8.78 Å². The molecule has 2 rings (SSSR count). The van der Waals surface area contributed by atoms with Gasteiger partial charge in [-0.05, 0) is 31.8 Å². The number of benzene rings is 2. The monoisotopic (exact) mass is 293 g/mol. The molecular weight excluding hydrogens is 276 g/mol. The molecule has 0 radical (unpaired) electrons. The van der Waals surface area contributed by atoms with Crippen LogP contribution in [0.15, 0.2) is 47.4 Å². The van der Waals surface area contributed by atoms with Crippen LogP contribution in [-0.2, 0) is 12.3 Å². The maximum Gasteiger partial charge on any atom is 0.144 e. The molecule has 106 valence electrons. The van der Waals surface area contributed by atoms with Crippen molar-refractivity contribution in [3.05, 3.63) is 65.2 Å². The molecule has 0 aliphatic rings. The van der Waals surface area contributed by atoms with Crippen molar-refractivity contribution < 1.29 is 8.78 Å². The first-order valence-electron chi connectivity index (χ1n) is 6.36. The summed E-state index contributed by atoms with van der Waals surface area (Å²) in [5.41, 5.74) is 1.25. The lowest BCUT2D eigenvalue weighted by Gasteiger charge is -2.13. The summed E-state index contributed by atoms with van der Waals surface area (Å²) >= 11 is 1.39. The lowest BCUT2D eigenvalue weighted by Crippen LogP contribution is -2.14. The molecule has 20 heavy (non-hydrogen) atoms. The molecule has 0 spiro atoms. The van der Waals surface area contributed by atoms with Crippen molar-refractivity contribution in [1.82, 2.24) is 4.90 Å². The largest absolute Gasteiger partial charge is 0.305 e. The van der Waals surface area contributed by atoms with Gasteiger partial charge >= 0.3 is 0 Å². The summed E-state index contributed by atoms with van der Waals surface area (Å²) in [5.74, 6) is -0.259. The number of thioether (sulfide) groups is 1. The molecule has 2 aromatic carbocycles. The van der Waals surface area contributed by atoms with Crippen LogP contribution in [0.5, 0.6) is 0 Å². The Balaban J connectivity index is 2.16. The lowest BCUT2D eigenvalue weighted by atomic mass is 10.2. The molecular formula is C16H17F2NS. The lowest BCUT2D eigenvalue weighted by molar-refractivity contribution is 0.378. The summed E-state index contributed by atoms with van der Waals surface area (Å²) in [6.45, 7) is 0.261. The van der Waals surface area contributed by atoms with Gasteiger partial charge in [0.25, 0.3) is 0 Å². The Morgan fingerprint density at radius 2 is 1.70 bits per heavy atom. The van der Waals surface area contributed by atoms with Crippen molar-refractivity contribution in [1.29, 1.82) is 0 Å². The fourth-order valence-corrected chi connectivity index (χ4v) is 2.81. The van der Waals surface area contributed by atoms with Crippen LogP contribution in [0.3, 0.4) is 0 Å². The molecule has 0 fully saturated rings. The maximum atomic E-state index is 14.3. The topological polar surface area (TPSA) is 3.24 Å². The van der Waals surface area contributed by atoms with Crippen LogP contribution in [0.1, 0.15) is 11.1 Å². The normalized spacial score (nSPS) is 11.1. The van der Waals surface area contributed by atoms with Gasteiger partial charge in [0.05, 0.1) is 0 Å². The van der Waals surface area contributed by atoms with E-state index >= 15 is 0 Å². The van der Waals surface area contributed by atoms with Crippen molar-refractivity contribution in [2.24, 2.45) is 0 Å². The molecule has 0 saturated carbocycles. The van der Waals surface area contributed by atoms with Gasteiger partial charge in [0.15, 0.2) is 0 Å². The van der Waals surface area contributed by atoms with Crippen LogP contribution < -0.4 is 0 Å². The molecule has 0 aliphatic heterocycles. The number of halogens is 2. The fraction of sp³-hybridized carbons (Fsp3) is 0.250. The van der Waals surface area contributed by atoms with Gasteiger partial charge in [-0.1, -0.05) is 30.3 Å². The molecule has 0 unspecified atom stereocenters. The number of hydrogen-bond donors (Lipinski definition) is 0. The standard InChI is InChI=1S/C16H17F2NS/c1-19(2)10-13-14(17)8-9-15(16(13)18)20-11-12-6-4-3-5-7-12/h3-9H,10-11H2,1-2H3. The molecule has 0 aliphatic carbocycles. The Morgan fingerprint density at radius 3 is 2.35 bits per heavy atom. The maximum absolute atomic E-state index is 14.3. The Bertz CT molecular complexity index is 570. The highest BCUT2D eigenvalue weighted by molar-refractivity contribution is 7.98. The quantitative estimate of drug-likeness (QED) is 0.755. The minimum absolute atomic E-state index is 0.132. The Kier molecular flexibility index (Phi) is 5.15. The summed E-state index contributed by atoms with van der Waals surface area (Å²) in [5, 5.41) is 0. The van der Waals surface area contributed by atoms with E-state index in [1.165, 1.54) is 23.9 Å². The van der Waals surface area contributed by atoms with E-state index in [0.29, 0.717) is 10.6 Å². The van der Waals surface area contributed by atoms with E-state index in [9.17, 15) is 8.78 Å². The van der Waals surface area contributed by atoms with Gasteiger partial charge < -0.3 is 4.90 Å². The molecule has 0 amide bonds. The van der Waals surface area contributed by atoms with Crippen molar-refractivity contribution in [2.45, 2.75) is 17.2 Å².